The summed E-state index contributed by atoms with van der Waals surface area (Å²) in [6.45, 7) is 20.3. The molecule has 1 nitrogen and oxygen atoms in total. The summed E-state index contributed by atoms with van der Waals surface area (Å²) in [5.41, 5.74) is 6.51. The molecule has 2 aromatic carbocycles. The number of nitrogens with one attached hydrogen (secondary N) is 1. The second kappa shape index (κ2) is 9.50. The van der Waals surface area contributed by atoms with E-state index in [4.69, 9.17) is 5.41 Å². The van der Waals surface area contributed by atoms with E-state index < -0.39 is 0 Å². The third-order valence-electron chi connectivity index (χ3n) is 6.31. The van der Waals surface area contributed by atoms with Crippen LogP contribution in [0, 0.1) is 17.2 Å². The van der Waals surface area contributed by atoms with E-state index in [-0.39, 0.29) is 22.7 Å². The highest BCUT2D eigenvalue weighted by Crippen LogP contribution is 2.36. The van der Waals surface area contributed by atoms with Crippen LogP contribution in [0.2, 0.25) is 0 Å². The molecule has 30 heavy (non-hydrogen) atoms. The molecule has 0 saturated heterocycles. The van der Waals surface area contributed by atoms with Gasteiger partial charge >= 0.3 is 0 Å². The summed E-state index contributed by atoms with van der Waals surface area (Å²) in [6.07, 6.45) is 1.97. The molecule has 0 saturated carbocycles. The molecule has 0 amide bonds. The molecule has 1 atom stereocenters. The van der Waals surface area contributed by atoms with Crippen molar-refractivity contribution < 1.29 is 0 Å². The molecular weight excluding hydrogens is 362 g/mol. The van der Waals surface area contributed by atoms with Crippen molar-refractivity contribution in [3.05, 3.63) is 70.8 Å². The maximum absolute atomic E-state index is 8.80. The normalized spacial score (nSPS) is 13.7. The molecule has 1 N–H and O–H groups in total. The van der Waals surface area contributed by atoms with Gasteiger partial charge in [0.25, 0.3) is 0 Å². The Morgan fingerprint density at radius 2 is 1.07 bits per heavy atom. The van der Waals surface area contributed by atoms with Crippen molar-refractivity contribution in [2.75, 3.05) is 0 Å². The molecule has 0 heterocycles. The maximum Gasteiger partial charge on any atom is 0.0167 e. The van der Waals surface area contributed by atoms with Gasteiger partial charge in [0, 0.05) is 17.5 Å². The van der Waals surface area contributed by atoms with Crippen molar-refractivity contribution in [1.29, 1.82) is 5.41 Å². The van der Waals surface area contributed by atoms with Crippen LogP contribution < -0.4 is 0 Å². The third-order valence-corrected chi connectivity index (χ3v) is 6.31. The van der Waals surface area contributed by atoms with Gasteiger partial charge in [-0.3, -0.25) is 0 Å². The Labute approximate surface area is 185 Å². The lowest BCUT2D eigenvalue weighted by atomic mass is 9.76. The highest BCUT2D eigenvalue weighted by atomic mass is 14.5. The van der Waals surface area contributed by atoms with Crippen molar-refractivity contribution in [3.63, 3.8) is 0 Å². The van der Waals surface area contributed by atoms with E-state index in [0.717, 1.165) is 18.6 Å². The second-order valence-corrected chi connectivity index (χ2v) is 11.5. The van der Waals surface area contributed by atoms with Crippen molar-refractivity contribution in [1.82, 2.24) is 0 Å². The van der Waals surface area contributed by atoms with Gasteiger partial charge in [-0.15, -0.1) is 0 Å². The summed E-state index contributed by atoms with van der Waals surface area (Å²) < 4.78 is 0. The molecular formula is C29H43N. The average Bonchev–Trinajstić information content (AvgIpc) is 2.65. The summed E-state index contributed by atoms with van der Waals surface area (Å²) in [5.74, 6) is 1.03. The van der Waals surface area contributed by atoms with Gasteiger partial charge in [-0.1, -0.05) is 111 Å². The van der Waals surface area contributed by atoms with Gasteiger partial charge < -0.3 is 5.41 Å². The van der Waals surface area contributed by atoms with Gasteiger partial charge in [-0.05, 0) is 51.8 Å². The number of hydrogen-bond acceptors (Lipinski definition) is 1. The smallest absolute Gasteiger partial charge is 0.0167 e. The van der Waals surface area contributed by atoms with Gasteiger partial charge in [0.05, 0.1) is 0 Å². The van der Waals surface area contributed by atoms with Crippen molar-refractivity contribution in [3.8, 4) is 0 Å². The summed E-state index contributed by atoms with van der Waals surface area (Å²) >= 11 is 0. The van der Waals surface area contributed by atoms with Crippen LogP contribution in [0.1, 0.15) is 103 Å². The van der Waals surface area contributed by atoms with E-state index in [0.29, 0.717) is 5.92 Å². The molecule has 2 aromatic rings. The molecule has 0 bridgehead atoms. The molecule has 2 rings (SSSR count). The van der Waals surface area contributed by atoms with Gasteiger partial charge in [0.2, 0.25) is 0 Å². The second-order valence-electron chi connectivity index (χ2n) is 11.5. The summed E-state index contributed by atoms with van der Waals surface area (Å²) in [4.78, 5) is 0. The minimum atomic E-state index is 0.151. The van der Waals surface area contributed by atoms with Crippen LogP contribution in [0.4, 0.5) is 0 Å². The van der Waals surface area contributed by atoms with E-state index in [1.54, 1.807) is 0 Å². The first-order valence-electron chi connectivity index (χ1n) is 11.6. The van der Waals surface area contributed by atoms with E-state index in [1.807, 2.05) is 0 Å². The fraction of sp³-hybridized carbons (Fsp3) is 0.552. The lowest BCUT2D eigenvalue weighted by Crippen LogP contribution is -2.21. The minimum Gasteiger partial charge on any atom is -0.309 e. The molecule has 0 spiro atoms. The van der Waals surface area contributed by atoms with Gasteiger partial charge in [-0.2, -0.15) is 0 Å². The topological polar surface area (TPSA) is 23.9 Å². The first-order valence-corrected chi connectivity index (χ1v) is 11.6. The third kappa shape index (κ3) is 6.30. The molecule has 0 aromatic heterocycles. The summed E-state index contributed by atoms with van der Waals surface area (Å²) in [6, 6.07) is 18.2. The largest absolute Gasteiger partial charge is 0.309 e. The first-order chi connectivity index (χ1) is 13.8. The van der Waals surface area contributed by atoms with Crippen LogP contribution in [0.25, 0.3) is 0 Å². The summed E-state index contributed by atoms with van der Waals surface area (Å²) in [5, 5.41) is 8.80. The molecule has 0 aliphatic rings. The zero-order chi connectivity index (χ0) is 22.7. The van der Waals surface area contributed by atoms with Crippen molar-refractivity contribution in [2.45, 2.75) is 91.9 Å². The minimum absolute atomic E-state index is 0.151. The van der Waals surface area contributed by atoms with Crippen LogP contribution in [0.3, 0.4) is 0 Å². The lowest BCUT2D eigenvalue weighted by Gasteiger charge is -2.28. The predicted molar refractivity (Wildman–Crippen MR) is 133 cm³/mol. The highest BCUT2D eigenvalue weighted by Gasteiger charge is 2.26. The Morgan fingerprint density at radius 3 is 1.37 bits per heavy atom. The quantitative estimate of drug-likeness (QED) is 0.446. The van der Waals surface area contributed by atoms with Gasteiger partial charge in [0.15, 0.2) is 0 Å². The van der Waals surface area contributed by atoms with Crippen LogP contribution >= 0.6 is 0 Å². The van der Waals surface area contributed by atoms with Gasteiger partial charge in [-0.25, -0.2) is 0 Å². The highest BCUT2D eigenvalue weighted by molar-refractivity contribution is 5.85. The number of benzene rings is 2. The average molecular weight is 406 g/mol. The zero-order valence-corrected chi connectivity index (χ0v) is 20.8. The Morgan fingerprint density at radius 1 is 0.700 bits per heavy atom. The van der Waals surface area contributed by atoms with Crippen LogP contribution in [-0.2, 0) is 10.8 Å². The van der Waals surface area contributed by atoms with E-state index in [1.165, 1.54) is 22.3 Å². The first kappa shape index (κ1) is 24.4. The van der Waals surface area contributed by atoms with Crippen molar-refractivity contribution in [2.24, 2.45) is 11.8 Å². The molecule has 0 radical (unpaired) electrons. The fourth-order valence-corrected chi connectivity index (χ4v) is 4.02. The predicted octanol–water partition coefficient (Wildman–Crippen LogP) is 8.51. The monoisotopic (exact) mass is 405 g/mol. The maximum atomic E-state index is 8.80. The molecule has 1 heteroatoms. The van der Waals surface area contributed by atoms with E-state index in [9.17, 15) is 0 Å². The van der Waals surface area contributed by atoms with Gasteiger partial charge in [0.1, 0.15) is 0 Å². The van der Waals surface area contributed by atoms with Crippen LogP contribution in [0.15, 0.2) is 48.5 Å². The fourth-order valence-electron chi connectivity index (χ4n) is 4.02. The Hall–Kier alpha value is -1.89. The van der Waals surface area contributed by atoms with E-state index in [2.05, 4.69) is 111 Å². The molecule has 0 fully saturated rings. The lowest BCUT2D eigenvalue weighted by molar-refractivity contribution is 0.573. The Bertz CT molecular complexity index is 753. The van der Waals surface area contributed by atoms with E-state index >= 15 is 0 Å². The molecule has 1 unspecified atom stereocenters. The van der Waals surface area contributed by atoms with Crippen molar-refractivity contribution >= 4 is 5.71 Å². The number of hydrogen-bond donors (Lipinski definition) is 1. The SMILES string of the molecule is CC(C)CCC(=N)C(C)C(c1ccc(C(C)(C)C)cc1)c1ccc(C(C)(C)C)cc1. The zero-order valence-electron chi connectivity index (χ0n) is 20.8. The number of rotatable bonds is 7. The standard InChI is InChI=1S/C29H43N/c1-20(2)10-19-26(30)21(3)27(22-11-15-24(16-12-22)28(4,5)6)23-13-17-25(18-14-23)29(7,8)9/h11-18,20-21,27,30H,10,19H2,1-9H3. The van der Waals surface area contributed by atoms with Crippen LogP contribution in [-0.4, -0.2) is 5.71 Å². The van der Waals surface area contributed by atoms with Crippen LogP contribution in [0.5, 0.6) is 0 Å². The Kier molecular flexibility index (Phi) is 7.72. The molecule has 164 valence electrons. The summed E-state index contributed by atoms with van der Waals surface area (Å²) in [7, 11) is 0. The Balaban J connectivity index is 2.43. The molecule has 0 aliphatic carbocycles. The molecule has 0 aliphatic heterocycles.